The van der Waals surface area contributed by atoms with E-state index in [1.165, 1.54) is 11.3 Å². The van der Waals surface area contributed by atoms with Gasteiger partial charge < -0.3 is 16.4 Å². The van der Waals surface area contributed by atoms with Gasteiger partial charge in [-0.15, -0.1) is 11.3 Å². The maximum absolute atomic E-state index is 15.0. The zero-order chi connectivity index (χ0) is 17.6. The van der Waals surface area contributed by atoms with E-state index >= 15 is 0 Å². The summed E-state index contributed by atoms with van der Waals surface area (Å²) in [5.41, 5.74) is 7.35. The number of aryl methyl sites for hydroxylation is 1. The number of nitrogens with two attached hydrogens (primary N) is 1. The van der Waals surface area contributed by atoms with E-state index in [4.69, 9.17) is 5.73 Å². The SMILES string of the molecule is Cc1ncc(-c2nc(NC3CCCCC3N)c(F)c3c2C(=O)NC3)s1. The molecule has 132 valence electrons. The number of anilines is 1. The van der Waals surface area contributed by atoms with Crippen molar-refractivity contribution in [2.75, 3.05) is 5.32 Å². The number of thiazole rings is 1. The number of hydrogen-bond acceptors (Lipinski definition) is 6. The van der Waals surface area contributed by atoms with E-state index in [0.717, 1.165) is 35.6 Å². The molecule has 2 aromatic rings. The zero-order valence-electron chi connectivity index (χ0n) is 13.9. The Balaban J connectivity index is 1.79. The van der Waals surface area contributed by atoms with Crippen molar-refractivity contribution in [3.05, 3.63) is 28.1 Å². The van der Waals surface area contributed by atoms with Gasteiger partial charge in [0, 0.05) is 30.4 Å². The molecule has 1 amide bonds. The molecule has 2 unspecified atom stereocenters. The average molecular weight is 361 g/mol. The van der Waals surface area contributed by atoms with Crippen LogP contribution in [0.25, 0.3) is 10.6 Å². The second kappa shape index (κ2) is 6.34. The third-order valence-electron chi connectivity index (χ3n) is 4.88. The van der Waals surface area contributed by atoms with Crippen LogP contribution in [0.2, 0.25) is 0 Å². The highest BCUT2D eigenvalue weighted by molar-refractivity contribution is 7.15. The Bertz CT molecular complexity index is 837. The standard InChI is InChI=1S/C17H20FN5OS/c1-8-20-7-12(25-8)15-13-9(6-21-17(13)24)14(18)16(23-15)22-11-5-3-2-4-10(11)19/h7,10-11H,2-6,19H2,1H3,(H,21,24)(H,22,23). The highest BCUT2D eigenvalue weighted by Crippen LogP contribution is 2.35. The predicted molar refractivity (Wildman–Crippen MR) is 95.1 cm³/mol. The topological polar surface area (TPSA) is 92.9 Å². The van der Waals surface area contributed by atoms with Crippen molar-refractivity contribution >= 4 is 23.1 Å². The number of rotatable bonds is 3. The van der Waals surface area contributed by atoms with Gasteiger partial charge in [-0.2, -0.15) is 0 Å². The summed E-state index contributed by atoms with van der Waals surface area (Å²) < 4.78 is 15.0. The molecule has 0 bridgehead atoms. The Labute approximate surface area is 149 Å². The molecule has 4 rings (SSSR count). The Morgan fingerprint density at radius 3 is 2.92 bits per heavy atom. The molecular formula is C17H20FN5OS. The van der Waals surface area contributed by atoms with Gasteiger partial charge in [0.25, 0.3) is 5.91 Å². The van der Waals surface area contributed by atoms with Gasteiger partial charge in [-0.05, 0) is 19.8 Å². The van der Waals surface area contributed by atoms with Crippen molar-refractivity contribution in [1.29, 1.82) is 0 Å². The predicted octanol–water partition coefficient (Wildman–Crippen LogP) is 2.58. The number of aromatic nitrogens is 2. The summed E-state index contributed by atoms with van der Waals surface area (Å²) in [7, 11) is 0. The molecule has 1 aliphatic carbocycles. The summed E-state index contributed by atoms with van der Waals surface area (Å²) in [6.07, 6.45) is 5.67. The minimum absolute atomic E-state index is 0.00471. The van der Waals surface area contributed by atoms with Crippen LogP contribution in [0.1, 0.15) is 46.6 Å². The highest BCUT2D eigenvalue weighted by atomic mass is 32.1. The minimum Gasteiger partial charge on any atom is -0.363 e. The van der Waals surface area contributed by atoms with Crippen LogP contribution in [0.5, 0.6) is 0 Å². The normalized spacial score (nSPS) is 22.6. The van der Waals surface area contributed by atoms with Crippen molar-refractivity contribution < 1.29 is 9.18 Å². The van der Waals surface area contributed by atoms with Gasteiger partial charge >= 0.3 is 0 Å². The number of halogens is 1. The van der Waals surface area contributed by atoms with Crippen LogP contribution in [0, 0.1) is 12.7 Å². The largest absolute Gasteiger partial charge is 0.363 e. The molecule has 0 saturated heterocycles. The molecule has 0 spiro atoms. The van der Waals surface area contributed by atoms with Crippen LogP contribution >= 0.6 is 11.3 Å². The first kappa shape index (κ1) is 16.4. The molecule has 0 aromatic carbocycles. The van der Waals surface area contributed by atoms with Crippen LogP contribution in [-0.2, 0) is 6.54 Å². The van der Waals surface area contributed by atoms with Gasteiger partial charge in [0.2, 0.25) is 0 Å². The van der Waals surface area contributed by atoms with Crippen molar-refractivity contribution in [2.24, 2.45) is 5.73 Å². The smallest absolute Gasteiger partial charge is 0.254 e. The first-order chi connectivity index (χ1) is 12.0. The lowest BCUT2D eigenvalue weighted by Crippen LogP contribution is -2.43. The van der Waals surface area contributed by atoms with Crippen LogP contribution in [-0.4, -0.2) is 28.0 Å². The number of pyridine rings is 1. The van der Waals surface area contributed by atoms with Crippen LogP contribution in [0.3, 0.4) is 0 Å². The fourth-order valence-corrected chi connectivity index (χ4v) is 4.31. The molecule has 25 heavy (non-hydrogen) atoms. The second-order valence-corrected chi connectivity index (χ2v) is 7.84. The summed E-state index contributed by atoms with van der Waals surface area (Å²) in [6.45, 7) is 2.07. The minimum atomic E-state index is -0.462. The van der Waals surface area contributed by atoms with Crippen LogP contribution in [0.4, 0.5) is 10.2 Å². The lowest BCUT2D eigenvalue weighted by atomic mass is 9.91. The van der Waals surface area contributed by atoms with Gasteiger partial charge in [-0.1, -0.05) is 12.8 Å². The first-order valence-corrected chi connectivity index (χ1v) is 9.31. The van der Waals surface area contributed by atoms with E-state index in [1.54, 1.807) is 6.20 Å². The maximum atomic E-state index is 15.0. The molecular weight excluding hydrogens is 341 g/mol. The lowest BCUT2D eigenvalue weighted by molar-refractivity contribution is 0.0966. The van der Waals surface area contributed by atoms with Gasteiger partial charge in [-0.25, -0.2) is 14.4 Å². The second-order valence-electron chi connectivity index (χ2n) is 6.60. The van der Waals surface area contributed by atoms with Crippen molar-refractivity contribution in [3.8, 4) is 10.6 Å². The van der Waals surface area contributed by atoms with Gasteiger partial charge in [-0.3, -0.25) is 4.79 Å². The fourth-order valence-electron chi connectivity index (χ4n) is 3.54. The molecule has 4 N–H and O–H groups in total. The van der Waals surface area contributed by atoms with Crippen LogP contribution in [0.15, 0.2) is 6.20 Å². The summed E-state index contributed by atoms with van der Waals surface area (Å²) in [6, 6.07) is -0.0213. The number of amides is 1. The Morgan fingerprint density at radius 1 is 1.40 bits per heavy atom. The van der Waals surface area contributed by atoms with E-state index in [0.29, 0.717) is 16.8 Å². The van der Waals surface area contributed by atoms with Gasteiger partial charge in [0.1, 0.15) is 0 Å². The molecule has 1 aliphatic heterocycles. The highest BCUT2D eigenvalue weighted by Gasteiger charge is 2.32. The Hall–Kier alpha value is -2.06. The Kier molecular flexibility index (Phi) is 4.16. The summed E-state index contributed by atoms with van der Waals surface area (Å²) in [5, 5.41) is 6.76. The monoisotopic (exact) mass is 361 g/mol. The van der Waals surface area contributed by atoms with E-state index in [1.807, 2.05) is 6.92 Å². The number of nitrogens with zero attached hydrogens (tertiary/aromatic N) is 2. The number of carbonyl (C=O) groups excluding carboxylic acids is 1. The fraction of sp³-hybridized carbons (Fsp3) is 0.471. The summed E-state index contributed by atoms with van der Waals surface area (Å²) in [4.78, 5) is 21.7. The lowest BCUT2D eigenvalue weighted by Gasteiger charge is -2.30. The van der Waals surface area contributed by atoms with Crippen molar-refractivity contribution in [2.45, 2.75) is 51.2 Å². The third kappa shape index (κ3) is 2.89. The molecule has 2 aliphatic rings. The molecule has 2 aromatic heterocycles. The first-order valence-electron chi connectivity index (χ1n) is 8.50. The summed E-state index contributed by atoms with van der Waals surface area (Å²) >= 11 is 1.44. The maximum Gasteiger partial charge on any atom is 0.254 e. The Morgan fingerprint density at radius 2 is 2.20 bits per heavy atom. The molecule has 1 fully saturated rings. The number of carbonyl (C=O) groups is 1. The number of nitrogens with one attached hydrogen (secondary N) is 2. The molecule has 1 saturated carbocycles. The van der Waals surface area contributed by atoms with Gasteiger partial charge in [0.15, 0.2) is 11.6 Å². The van der Waals surface area contributed by atoms with E-state index in [-0.39, 0.29) is 30.4 Å². The summed E-state index contributed by atoms with van der Waals surface area (Å²) in [5.74, 6) is -0.571. The molecule has 8 heteroatoms. The molecule has 6 nitrogen and oxygen atoms in total. The molecule has 0 radical (unpaired) electrons. The van der Waals surface area contributed by atoms with Crippen LogP contribution < -0.4 is 16.4 Å². The van der Waals surface area contributed by atoms with E-state index in [9.17, 15) is 9.18 Å². The quantitative estimate of drug-likeness (QED) is 0.781. The average Bonchev–Trinajstić information content (AvgIpc) is 3.19. The van der Waals surface area contributed by atoms with Crippen molar-refractivity contribution in [3.63, 3.8) is 0 Å². The number of fused-ring (bicyclic) bond motifs is 1. The van der Waals surface area contributed by atoms with Crippen molar-refractivity contribution in [1.82, 2.24) is 15.3 Å². The van der Waals surface area contributed by atoms with E-state index in [2.05, 4.69) is 20.6 Å². The molecule has 2 atom stereocenters. The molecule has 3 heterocycles. The zero-order valence-corrected chi connectivity index (χ0v) is 14.8. The van der Waals surface area contributed by atoms with Gasteiger partial charge in [0.05, 0.1) is 21.1 Å². The number of hydrogen-bond donors (Lipinski definition) is 3. The van der Waals surface area contributed by atoms with E-state index < -0.39 is 5.82 Å². The third-order valence-corrected chi connectivity index (χ3v) is 5.80.